The van der Waals surface area contributed by atoms with Gasteiger partial charge in [-0.25, -0.2) is 0 Å². The van der Waals surface area contributed by atoms with E-state index >= 15 is 0 Å². The van der Waals surface area contributed by atoms with Crippen molar-refractivity contribution in [3.05, 3.63) is 0 Å². The van der Waals surface area contributed by atoms with Crippen LogP contribution in [0.3, 0.4) is 0 Å². The monoisotopic (exact) mass is 208 g/mol. The molecule has 0 radical (unpaired) electrons. The summed E-state index contributed by atoms with van der Waals surface area (Å²) in [5.74, 6) is 0. The van der Waals surface area contributed by atoms with E-state index in [4.69, 9.17) is 0 Å². The highest BCUT2D eigenvalue weighted by atomic mass is 14.3. The zero-order valence-corrected chi connectivity index (χ0v) is 10.4. The van der Waals surface area contributed by atoms with Crippen molar-refractivity contribution in [3.8, 4) is 0 Å². The standard InChI is InChI=1S/C15H28/c1-3-7-11-15(12-8-4-1)13-9-5-2-6-10-14-15/h1-14H2. The zero-order valence-electron chi connectivity index (χ0n) is 10.4. The zero-order chi connectivity index (χ0) is 10.4. The lowest BCUT2D eigenvalue weighted by Crippen LogP contribution is -2.23. The Morgan fingerprint density at radius 1 is 0.333 bits per heavy atom. The fraction of sp³-hybridized carbons (Fsp3) is 1.00. The molecule has 0 heteroatoms. The van der Waals surface area contributed by atoms with Gasteiger partial charge < -0.3 is 0 Å². The molecule has 0 aromatic heterocycles. The van der Waals surface area contributed by atoms with Gasteiger partial charge in [0, 0.05) is 0 Å². The second-order valence-corrected chi connectivity index (χ2v) is 6.04. The molecule has 0 aromatic rings. The molecule has 2 aliphatic carbocycles. The van der Waals surface area contributed by atoms with Gasteiger partial charge in [-0.15, -0.1) is 0 Å². The summed E-state index contributed by atoms with van der Waals surface area (Å²) in [6, 6.07) is 0. The SMILES string of the molecule is C1CCCC2(CCC1)CCCCCCC2. The molecular weight excluding hydrogens is 180 g/mol. The predicted octanol–water partition coefficient (Wildman–Crippen LogP) is 5.46. The summed E-state index contributed by atoms with van der Waals surface area (Å²) in [5.41, 5.74) is 0.806. The van der Waals surface area contributed by atoms with Crippen LogP contribution in [0.5, 0.6) is 0 Å². The molecule has 0 unspecified atom stereocenters. The maximum atomic E-state index is 1.56. The average Bonchev–Trinajstić information content (AvgIpc) is 2.15. The third kappa shape index (κ3) is 3.50. The molecule has 0 heterocycles. The molecule has 0 amide bonds. The van der Waals surface area contributed by atoms with Crippen molar-refractivity contribution >= 4 is 0 Å². The minimum atomic E-state index is 0.806. The van der Waals surface area contributed by atoms with Gasteiger partial charge >= 0.3 is 0 Å². The molecule has 15 heavy (non-hydrogen) atoms. The van der Waals surface area contributed by atoms with Crippen LogP contribution in [0.25, 0.3) is 0 Å². The molecule has 1 spiro atoms. The Morgan fingerprint density at radius 2 is 0.600 bits per heavy atom. The summed E-state index contributed by atoms with van der Waals surface area (Å²) in [6.07, 6.45) is 21.4. The molecule has 0 nitrogen and oxygen atoms in total. The fourth-order valence-corrected chi connectivity index (χ4v) is 3.81. The molecule has 0 aromatic carbocycles. The number of hydrogen-bond acceptors (Lipinski definition) is 0. The van der Waals surface area contributed by atoms with Crippen molar-refractivity contribution in [2.24, 2.45) is 5.41 Å². The summed E-state index contributed by atoms with van der Waals surface area (Å²) in [5, 5.41) is 0. The first-order valence-corrected chi connectivity index (χ1v) is 7.41. The smallest absolute Gasteiger partial charge is 0.0297 e. The Hall–Kier alpha value is 0. The molecule has 2 fully saturated rings. The van der Waals surface area contributed by atoms with Gasteiger partial charge in [-0.3, -0.25) is 0 Å². The molecule has 0 bridgehead atoms. The number of rotatable bonds is 0. The van der Waals surface area contributed by atoms with E-state index in [-0.39, 0.29) is 0 Å². The Labute approximate surface area is 95.8 Å². The van der Waals surface area contributed by atoms with E-state index in [0.29, 0.717) is 0 Å². The van der Waals surface area contributed by atoms with Gasteiger partial charge in [-0.1, -0.05) is 64.2 Å². The summed E-state index contributed by atoms with van der Waals surface area (Å²) in [4.78, 5) is 0. The summed E-state index contributed by atoms with van der Waals surface area (Å²) in [7, 11) is 0. The van der Waals surface area contributed by atoms with Crippen LogP contribution in [0, 0.1) is 5.41 Å². The predicted molar refractivity (Wildman–Crippen MR) is 67.1 cm³/mol. The van der Waals surface area contributed by atoms with Crippen LogP contribution < -0.4 is 0 Å². The molecule has 0 aliphatic heterocycles. The third-order valence-electron chi connectivity index (χ3n) is 4.83. The lowest BCUT2D eigenvalue weighted by Gasteiger charge is -2.37. The van der Waals surface area contributed by atoms with Crippen molar-refractivity contribution in [3.63, 3.8) is 0 Å². The van der Waals surface area contributed by atoms with E-state index in [1.807, 2.05) is 0 Å². The largest absolute Gasteiger partial charge is 0.0533 e. The van der Waals surface area contributed by atoms with E-state index in [0.717, 1.165) is 5.41 Å². The van der Waals surface area contributed by atoms with Gasteiger partial charge in [0.05, 0.1) is 0 Å². The lowest BCUT2D eigenvalue weighted by molar-refractivity contribution is 0.155. The van der Waals surface area contributed by atoms with E-state index < -0.39 is 0 Å². The van der Waals surface area contributed by atoms with Gasteiger partial charge in [0.1, 0.15) is 0 Å². The van der Waals surface area contributed by atoms with Crippen molar-refractivity contribution < 1.29 is 0 Å². The van der Waals surface area contributed by atoms with Gasteiger partial charge in [-0.2, -0.15) is 0 Å². The first kappa shape index (κ1) is 11.5. The fourth-order valence-electron chi connectivity index (χ4n) is 3.81. The summed E-state index contributed by atoms with van der Waals surface area (Å²) < 4.78 is 0. The van der Waals surface area contributed by atoms with Crippen molar-refractivity contribution in [1.29, 1.82) is 0 Å². The van der Waals surface area contributed by atoms with E-state index in [9.17, 15) is 0 Å². The van der Waals surface area contributed by atoms with Gasteiger partial charge in [0.25, 0.3) is 0 Å². The molecule has 2 aliphatic rings. The minimum Gasteiger partial charge on any atom is -0.0533 e. The van der Waals surface area contributed by atoms with Crippen LogP contribution in [0.1, 0.15) is 89.9 Å². The molecule has 0 atom stereocenters. The first-order valence-electron chi connectivity index (χ1n) is 7.41. The van der Waals surface area contributed by atoms with Crippen molar-refractivity contribution in [2.75, 3.05) is 0 Å². The van der Waals surface area contributed by atoms with Crippen LogP contribution in [0.2, 0.25) is 0 Å². The lowest BCUT2D eigenvalue weighted by atomic mass is 9.69. The van der Waals surface area contributed by atoms with Crippen molar-refractivity contribution in [1.82, 2.24) is 0 Å². The highest BCUT2D eigenvalue weighted by Crippen LogP contribution is 2.44. The van der Waals surface area contributed by atoms with Crippen LogP contribution in [0.15, 0.2) is 0 Å². The summed E-state index contributed by atoms with van der Waals surface area (Å²) >= 11 is 0. The van der Waals surface area contributed by atoms with Crippen LogP contribution in [0.4, 0.5) is 0 Å². The molecule has 0 saturated heterocycles. The maximum absolute atomic E-state index is 1.56. The molecule has 88 valence electrons. The summed E-state index contributed by atoms with van der Waals surface area (Å²) in [6.45, 7) is 0. The van der Waals surface area contributed by atoms with E-state index in [2.05, 4.69) is 0 Å². The maximum Gasteiger partial charge on any atom is -0.0297 e. The van der Waals surface area contributed by atoms with Gasteiger partial charge in [0.15, 0.2) is 0 Å². The average molecular weight is 208 g/mol. The minimum absolute atomic E-state index is 0.806. The Bertz CT molecular complexity index is 131. The Morgan fingerprint density at radius 3 is 0.933 bits per heavy atom. The molecular formula is C15H28. The second kappa shape index (κ2) is 5.92. The van der Waals surface area contributed by atoms with Crippen LogP contribution in [-0.2, 0) is 0 Å². The second-order valence-electron chi connectivity index (χ2n) is 6.04. The third-order valence-corrected chi connectivity index (χ3v) is 4.83. The highest BCUT2D eigenvalue weighted by molar-refractivity contribution is 4.82. The van der Waals surface area contributed by atoms with Crippen LogP contribution >= 0.6 is 0 Å². The van der Waals surface area contributed by atoms with E-state index in [1.54, 1.807) is 25.7 Å². The van der Waals surface area contributed by atoms with E-state index in [1.165, 1.54) is 64.2 Å². The highest BCUT2D eigenvalue weighted by Gasteiger charge is 2.29. The van der Waals surface area contributed by atoms with Gasteiger partial charge in [0.2, 0.25) is 0 Å². The van der Waals surface area contributed by atoms with Gasteiger partial charge in [-0.05, 0) is 31.1 Å². The van der Waals surface area contributed by atoms with Crippen LogP contribution in [-0.4, -0.2) is 0 Å². The van der Waals surface area contributed by atoms with Crippen molar-refractivity contribution in [2.45, 2.75) is 89.9 Å². The normalized spacial score (nSPS) is 28.8. The number of hydrogen-bond donors (Lipinski definition) is 0. The quantitative estimate of drug-likeness (QED) is 0.496. The first-order chi connectivity index (χ1) is 7.41. The Balaban J connectivity index is 1.92. The topological polar surface area (TPSA) is 0 Å². The molecule has 2 saturated carbocycles. The molecule has 2 rings (SSSR count). The Kier molecular flexibility index (Phi) is 4.53. The molecule has 0 N–H and O–H groups in total.